The Labute approximate surface area is 251 Å². The quantitative estimate of drug-likeness (QED) is 0.212. The number of rotatable bonds is 11. The third-order valence-electron chi connectivity index (χ3n) is 7.58. The molecule has 7 nitrogen and oxygen atoms in total. The van der Waals surface area contributed by atoms with E-state index in [0.29, 0.717) is 41.0 Å². The molecule has 214 valence electrons. The number of hydrogen-bond donors (Lipinski definition) is 1. The van der Waals surface area contributed by atoms with Gasteiger partial charge in [0.15, 0.2) is 7.85 Å². The average Bonchev–Trinajstić information content (AvgIpc) is 3.50. The minimum atomic E-state index is -0.470. The summed E-state index contributed by atoms with van der Waals surface area (Å²) in [4.78, 5) is 28.7. The molecular weight excluding hydrogens is 552 g/mol. The van der Waals surface area contributed by atoms with Crippen molar-refractivity contribution < 1.29 is 13.9 Å². The Kier molecular flexibility index (Phi) is 9.40. The largest absolute Gasteiger partial charge is 0.473 e. The molecule has 0 aliphatic carbocycles. The van der Waals surface area contributed by atoms with Crippen molar-refractivity contribution in [1.82, 2.24) is 19.9 Å². The minimum Gasteiger partial charge on any atom is -0.473 e. The summed E-state index contributed by atoms with van der Waals surface area (Å²) >= 11 is 5.85. The summed E-state index contributed by atoms with van der Waals surface area (Å²) in [6, 6.07) is 15.8. The van der Waals surface area contributed by atoms with E-state index in [1.54, 1.807) is 36.7 Å². The Morgan fingerprint density at radius 3 is 2.74 bits per heavy atom. The van der Waals surface area contributed by atoms with Gasteiger partial charge in [0.05, 0.1) is 6.54 Å². The van der Waals surface area contributed by atoms with Gasteiger partial charge in [0.1, 0.15) is 23.9 Å². The predicted molar refractivity (Wildman–Crippen MR) is 164 cm³/mol. The van der Waals surface area contributed by atoms with E-state index < -0.39 is 11.5 Å². The number of benzene rings is 2. The lowest BCUT2D eigenvalue weighted by atomic mass is 9.92. The van der Waals surface area contributed by atoms with Gasteiger partial charge >= 0.3 is 0 Å². The second-order valence-corrected chi connectivity index (χ2v) is 11.0. The van der Waals surface area contributed by atoms with E-state index in [1.807, 2.05) is 31.2 Å². The molecule has 2 radical (unpaired) electrons. The Bertz CT molecular complexity index is 1560. The number of aromatic amines is 1. The molecule has 1 aliphatic heterocycles. The van der Waals surface area contributed by atoms with Crippen molar-refractivity contribution >= 4 is 30.8 Å². The number of H-pyrrole nitrogens is 1. The zero-order valence-electron chi connectivity index (χ0n) is 23.5. The Morgan fingerprint density at radius 1 is 1.21 bits per heavy atom. The highest BCUT2D eigenvalue weighted by Gasteiger charge is 2.24. The minimum absolute atomic E-state index is 0.0797. The SMILES string of the molecule is [B]C(=O)c1ccc(C)c(N(Cc2ncc[nH]2)C(=C)CN2CCC(c3cccc(OCc4ccc(Cl)cc4F)n3)CC2)c1. The second-order valence-electron chi connectivity index (χ2n) is 10.5. The van der Waals surface area contributed by atoms with Gasteiger partial charge in [-0.15, -0.1) is 0 Å². The lowest BCUT2D eigenvalue weighted by Gasteiger charge is -2.35. The highest BCUT2D eigenvalue weighted by atomic mass is 35.5. The van der Waals surface area contributed by atoms with Crippen LogP contribution in [0.1, 0.15) is 51.8 Å². The van der Waals surface area contributed by atoms with E-state index in [0.717, 1.165) is 54.4 Å². The fraction of sp³-hybridized carbons (Fsp3) is 0.281. The molecule has 5 rings (SSSR count). The third-order valence-corrected chi connectivity index (χ3v) is 7.81. The molecule has 2 aromatic carbocycles. The van der Waals surface area contributed by atoms with Crippen molar-refractivity contribution in [3.63, 3.8) is 0 Å². The number of ether oxygens (including phenoxy) is 1. The summed E-state index contributed by atoms with van der Waals surface area (Å²) in [7, 11) is 5.58. The number of nitrogens with one attached hydrogen (secondary N) is 1. The van der Waals surface area contributed by atoms with Crippen LogP contribution in [0.25, 0.3) is 0 Å². The Hall–Kier alpha value is -3.95. The van der Waals surface area contributed by atoms with E-state index >= 15 is 0 Å². The van der Waals surface area contributed by atoms with E-state index in [-0.39, 0.29) is 6.61 Å². The van der Waals surface area contributed by atoms with Crippen molar-refractivity contribution in [2.75, 3.05) is 24.5 Å². The maximum atomic E-state index is 14.1. The zero-order valence-corrected chi connectivity index (χ0v) is 24.3. The maximum absolute atomic E-state index is 14.1. The second kappa shape index (κ2) is 13.4. The van der Waals surface area contributed by atoms with Crippen LogP contribution in [0.5, 0.6) is 5.88 Å². The van der Waals surface area contributed by atoms with Gasteiger partial charge in [-0.25, -0.2) is 14.4 Å². The van der Waals surface area contributed by atoms with Crippen molar-refractivity contribution in [2.45, 2.75) is 38.8 Å². The molecule has 10 heteroatoms. The van der Waals surface area contributed by atoms with Gasteiger partial charge in [-0.3, -0.25) is 4.90 Å². The number of aryl methyl sites for hydroxylation is 1. The molecule has 0 atom stereocenters. The molecule has 3 heterocycles. The van der Waals surface area contributed by atoms with E-state index in [2.05, 4.69) is 26.3 Å². The molecule has 0 saturated carbocycles. The molecule has 0 bridgehead atoms. The predicted octanol–water partition coefficient (Wildman–Crippen LogP) is 6.19. The number of piperidine rings is 1. The number of likely N-dealkylation sites (tertiary alicyclic amines) is 1. The van der Waals surface area contributed by atoms with Crippen molar-refractivity contribution in [3.8, 4) is 5.88 Å². The number of carbonyl (C=O) groups excluding carboxylic acids is 1. The van der Waals surface area contributed by atoms with Crippen molar-refractivity contribution in [3.05, 3.63) is 118 Å². The van der Waals surface area contributed by atoms with Crippen LogP contribution in [-0.4, -0.2) is 53.0 Å². The maximum Gasteiger partial charge on any atom is 0.213 e. The summed E-state index contributed by atoms with van der Waals surface area (Å²) in [6.07, 6.45) is 5.38. The fourth-order valence-corrected chi connectivity index (χ4v) is 5.37. The first-order valence-corrected chi connectivity index (χ1v) is 14.2. The van der Waals surface area contributed by atoms with Gasteiger partial charge in [-0.05, 0) is 62.7 Å². The molecule has 0 amide bonds. The number of carbonyl (C=O) groups is 1. The molecule has 1 fully saturated rings. The van der Waals surface area contributed by atoms with Gasteiger partial charge in [0.2, 0.25) is 5.88 Å². The number of pyridine rings is 1. The van der Waals surface area contributed by atoms with Crippen LogP contribution in [-0.2, 0) is 13.2 Å². The monoisotopic (exact) mass is 583 g/mol. The molecule has 1 N–H and O–H groups in total. The normalized spacial score (nSPS) is 14.1. The van der Waals surface area contributed by atoms with Crippen LogP contribution in [0.3, 0.4) is 0 Å². The Balaban J connectivity index is 1.22. The van der Waals surface area contributed by atoms with Gasteiger partial charge in [-0.2, -0.15) is 0 Å². The van der Waals surface area contributed by atoms with Crippen LogP contribution < -0.4 is 9.64 Å². The molecule has 0 spiro atoms. The summed E-state index contributed by atoms with van der Waals surface area (Å²) in [5.41, 5.74) is 4.17. The van der Waals surface area contributed by atoms with Gasteiger partial charge in [0, 0.05) is 64.2 Å². The first kappa shape index (κ1) is 29.5. The van der Waals surface area contributed by atoms with Gasteiger partial charge < -0.3 is 19.4 Å². The Morgan fingerprint density at radius 2 is 2.02 bits per heavy atom. The third kappa shape index (κ3) is 7.27. The van der Waals surface area contributed by atoms with Crippen LogP contribution in [0, 0.1) is 12.7 Å². The van der Waals surface area contributed by atoms with Crippen LogP contribution in [0.4, 0.5) is 10.1 Å². The molecular formula is C32H32BClFN5O2. The number of anilines is 1. The highest BCUT2D eigenvalue weighted by Crippen LogP contribution is 2.31. The summed E-state index contributed by atoms with van der Waals surface area (Å²) in [5.74, 6) is 1.16. The first-order valence-electron chi connectivity index (χ1n) is 13.9. The fourth-order valence-electron chi connectivity index (χ4n) is 5.21. The number of hydrogen-bond acceptors (Lipinski definition) is 6. The molecule has 1 aliphatic rings. The van der Waals surface area contributed by atoms with Crippen LogP contribution in [0.2, 0.25) is 5.02 Å². The molecule has 0 unspecified atom stereocenters. The van der Waals surface area contributed by atoms with Crippen LogP contribution >= 0.6 is 11.6 Å². The van der Waals surface area contributed by atoms with Gasteiger partial charge in [0.25, 0.3) is 0 Å². The topological polar surface area (TPSA) is 74.4 Å². The molecule has 42 heavy (non-hydrogen) atoms. The van der Waals surface area contributed by atoms with Crippen LogP contribution in [0.15, 0.2) is 79.3 Å². The number of aromatic nitrogens is 3. The summed E-state index contributed by atoms with van der Waals surface area (Å²) in [6.45, 7) is 9.42. The molecule has 2 aromatic heterocycles. The number of halogens is 2. The van der Waals surface area contributed by atoms with E-state index in [9.17, 15) is 9.18 Å². The molecule has 1 saturated heterocycles. The summed E-state index contributed by atoms with van der Waals surface area (Å²) in [5, 5.41) is 0.351. The highest BCUT2D eigenvalue weighted by molar-refractivity contribution is 6.62. The van der Waals surface area contributed by atoms with E-state index in [1.165, 1.54) is 6.07 Å². The zero-order chi connectivity index (χ0) is 29.6. The smallest absolute Gasteiger partial charge is 0.213 e. The number of imidazole rings is 1. The lowest BCUT2D eigenvalue weighted by Crippen LogP contribution is -2.38. The van der Waals surface area contributed by atoms with Crippen molar-refractivity contribution in [2.24, 2.45) is 0 Å². The summed E-state index contributed by atoms with van der Waals surface area (Å²) < 4.78 is 19.9. The van der Waals surface area contributed by atoms with E-state index in [4.69, 9.17) is 29.2 Å². The van der Waals surface area contributed by atoms with Crippen molar-refractivity contribution in [1.29, 1.82) is 0 Å². The first-order chi connectivity index (χ1) is 20.3. The lowest BCUT2D eigenvalue weighted by molar-refractivity contribution is 0.108. The average molecular weight is 584 g/mol. The standard InChI is InChI=1S/C32H32BClFN5O2/c1-21-6-7-24(32(33)41)16-29(21)40(19-30-36-12-13-37-30)22(2)18-39-14-10-23(11-15-39)28-4-3-5-31(38-28)42-20-25-8-9-26(34)17-27(25)35/h3-9,12-13,16-17,23H,2,10-11,14-15,18-20H2,1H3,(H,36,37). The number of nitrogens with zero attached hydrogens (tertiary/aromatic N) is 4. The van der Waals surface area contributed by atoms with Gasteiger partial charge in [-0.1, -0.05) is 42.4 Å². The molecule has 4 aromatic rings.